The third-order valence-electron chi connectivity index (χ3n) is 5.42. The number of aromatic nitrogens is 2. The van der Waals surface area contributed by atoms with Crippen molar-refractivity contribution in [2.45, 2.75) is 0 Å². The van der Waals surface area contributed by atoms with Gasteiger partial charge in [0.05, 0.1) is 11.9 Å². The molecule has 33 heavy (non-hydrogen) atoms. The van der Waals surface area contributed by atoms with Gasteiger partial charge in [-0.05, 0) is 36.4 Å². The van der Waals surface area contributed by atoms with Crippen LogP contribution in [-0.4, -0.2) is 52.1 Å². The van der Waals surface area contributed by atoms with E-state index in [-0.39, 0.29) is 29.2 Å². The number of nitrogens with one attached hydrogen (secondary N) is 1. The molecule has 9 nitrogen and oxygen atoms in total. The number of rotatable bonds is 4. The number of anilines is 4. The summed E-state index contributed by atoms with van der Waals surface area (Å²) in [5, 5.41) is 13.9. The molecule has 1 amide bonds. The maximum absolute atomic E-state index is 13.7. The van der Waals surface area contributed by atoms with Crippen LogP contribution >= 0.6 is 0 Å². The molecule has 4 N–H and O–H groups in total. The Hall–Kier alpha value is -4.18. The Morgan fingerprint density at radius 1 is 1.15 bits per heavy atom. The van der Waals surface area contributed by atoms with Crippen molar-refractivity contribution < 1.29 is 18.7 Å². The maximum atomic E-state index is 13.7. The Morgan fingerprint density at radius 3 is 2.70 bits per heavy atom. The van der Waals surface area contributed by atoms with Crippen LogP contribution in [0.2, 0.25) is 0 Å². The van der Waals surface area contributed by atoms with Crippen LogP contribution in [0.1, 0.15) is 10.6 Å². The first-order valence-corrected chi connectivity index (χ1v) is 10.4. The Bertz CT molecular complexity index is 1340. The highest BCUT2D eigenvalue weighted by molar-refractivity contribution is 5.97. The van der Waals surface area contributed by atoms with Gasteiger partial charge < -0.3 is 25.5 Å². The fourth-order valence-electron chi connectivity index (χ4n) is 3.79. The number of amides is 1. The second kappa shape index (κ2) is 8.40. The number of furan rings is 1. The first-order valence-electron chi connectivity index (χ1n) is 10.4. The lowest BCUT2D eigenvalue weighted by Crippen LogP contribution is -2.46. The Balaban J connectivity index is 1.57. The van der Waals surface area contributed by atoms with Gasteiger partial charge in [-0.1, -0.05) is 6.07 Å². The summed E-state index contributed by atoms with van der Waals surface area (Å²) in [6.45, 7) is 2.73. The number of fused-ring (bicyclic) bond motifs is 1. The molecule has 0 atom stereocenters. The van der Waals surface area contributed by atoms with E-state index in [4.69, 9.17) is 10.2 Å². The number of carbonyl (C=O) groups excluding carboxylic acids is 1. The molecule has 3 heterocycles. The molecular formula is C23H21FN6O3. The van der Waals surface area contributed by atoms with Gasteiger partial charge in [-0.2, -0.15) is 4.98 Å². The van der Waals surface area contributed by atoms with Crippen LogP contribution in [0.25, 0.3) is 11.0 Å². The van der Waals surface area contributed by atoms with Gasteiger partial charge in [0, 0.05) is 43.3 Å². The molecule has 0 bridgehead atoms. The summed E-state index contributed by atoms with van der Waals surface area (Å²) in [5.41, 5.74) is 7.38. The maximum Gasteiger partial charge on any atom is 0.289 e. The van der Waals surface area contributed by atoms with E-state index in [0.29, 0.717) is 35.4 Å². The zero-order chi connectivity index (χ0) is 22.9. The van der Waals surface area contributed by atoms with Crippen LogP contribution in [0.3, 0.4) is 0 Å². The molecule has 168 valence electrons. The van der Waals surface area contributed by atoms with Crippen LogP contribution in [0.15, 0.2) is 59.1 Å². The third kappa shape index (κ3) is 4.03. The zero-order valence-electron chi connectivity index (χ0n) is 17.5. The smallest absolute Gasteiger partial charge is 0.289 e. The summed E-state index contributed by atoms with van der Waals surface area (Å²) in [6, 6.07) is 13.5. The van der Waals surface area contributed by atoms with Crippen LogP contribution in [0.4, 0.5) is 27.5 Å². The molecule has 0 radical (unpaired) electrons. The number of phenolic OH excluding ortho intramolecular Hbond substituents is 1. The van der Waals surface area contributed by atoms with E-state index in [1.54, 1.807) is 46.2 Å². The second-order valence-corrected chi connectivity index (χ2v) is 7.63. The van der Waals surface area contributed by atoms with Crippen molar-refractivity contribution in [2.75, 3.05) is 36.8 Å². The predicted molar refractivity (Wildman–Crippen MR) is 121 cm³/mol. The van der Waals surface area contributed by atoms with Crippen molar-refractivity contribution in [3.05, 3.63) is 66.3 Å². The molecule has 0 unspecified atom stereocenters. The Morgan fingerprint density at radius 2 is 1.94 bits per heavy atom. The first kappa shape index (κ1) is 20.7. The van der Waals surface area contributed by atoms with Crippen LogP contribution in [-0.2, 0) is 0 Å². The average molecular weight is 448 g/mol. The minimum Gasteiger partial charge on any atom is -0.508 e. The molecule has 10 heteroatoms. The summed E-state index contributed by atoms with van der Waals surface area (Å²) in [5.74, 6) is -0.751. The van der Waals surface area contributed by atoms with Gasteiger partial charge in [-0.3, -0.25) is 9.69 Å². The van der Waals surface area contributed by atoms with Crippen molar-refractivity contribution in [3.63, 3.8) is 0 Å². The lowest BCUT2D eigenvalue weighted by Gasteiger charge is -2.26. The van der Waals surface area contributed by atoms with Gasteiger partial charge in [0.1, 0.15) is 11.3 Å². The topological polar surface area (TPSA) is 121 Å². The molecule has 1 aliphatic heterocycles. The summed E-state index contributed by atoms with van der Waals surface area (Å²) >= 11 is 0. The SMILES string of the molecule is Nc1nc(N(c2cccc(O)c2)c2ccc3oc(C(=O)N4CCNCC4)cc3c2)ncc1F. The fraction of sp³-hybridized carbons (Fsp3) is 0.174. The van der Waals surface area contributed by atoms with E-state index in [2.05, 4.69) is 15.3 Å². The van der Waals surface area contributed by atoms with Crippen LogP contribution in [0.5, 0.6) is 5.75 Å². The van der Waals surface area contributed by atoms with E-state index in [1.165, 1.54) is 12.1 Å². The molecule has 0 saturated carbocycles. The molecule has 1 fully saturated rings. The highest BCUT2D eigenvalue weighted by Gasteiger charge is 2.23. The van der Waals surface area contributed by atoms with Crippen molar-refractivity contribution >= 4 is 40.0 Å². The van der Waals surface area contributed by atoms with Crippen LogP contribution < -0.4 is 16.0 Å². The Kier molecular flexibility index (Phi) is 5.27. The van der Waals surface area contributed by atoms with Gasteiger partial charge in [0.25, 0.3) is 5.91 Å². The van der Waals surface area contributed by atoms with E-state index in [0.717, 1.165) is 19.3 Å². The van der Waals surface area contributed by atoms with Crippen molar-refractivity contribution in [3.8, 4) is 5.75 Å². The third-order valence-corrected chi connectivity index (χ3v) is 5.42. The number of benzene rings is 2. The molecule has 5 rings (SSSR count). The fourth-order valence-corrected chi connectivity index (χ4v) is 3.79. The van der Waals surface area contributed by atoms with Gasteiger partial charge in [0.2, 0.25) is 5.95 Å². The van der Waals surface area contributed by atoms with Gasteiger partial charge in [-0.25, -0.2) is 9.37 Å². The van der Waals surface area contributed by atoms with Crippen molar-refractivity contribution in [2.24, 2.45) is 0 Å². The van der Waals surface area contributed by atoms with E-state index in [1.807, 2.05) is 0 Å². The number of nitrogens with zero attached hydrogens (tertiary/aromatic N) is 4. The first-order chi connectivity index (χ1) is 16.0. The molecule has 0 aliphatic carbocycles. The number of hydrogen-bond donors (Lipinski definition) is 3. The van der Waals surface area contributed by atoms with Gasteiger partial charge in [-0.15, -0.1) is 0 Å². The summed E-state index contributed by atoms with van der Waals surface area (Å²) in [4.78, 5) is 24.4. The van der Waals surface area contributed by atoms with Crippen LogP contribution in [0, 0.1) is 5.82 Å². The summed E-state index contributed by atoms with van der Waals surface area (Å²) in [6.07, 6.45) is 0.994. The van der Waals surface area contributed by atoms with E-state index < -0.39 is 5.82 Å². The van der Waals surface area contributed by atoms with Crippen molar-refractivity contribution in [1.29, 1.82) is 0 Å². The van der Waals surface area contributed by atoms with E-state index >= 15 is 0 Å². The minimum absolute atomic E-state index is 0.0425. The van der Waals surface area contributed by atoms with Gasteiger partial charge >= 0.3 is 0 Å². The highest BCUT2D eigenvalue weighted by atomic mass is 19.1. The number of aromatic hydroxyl groups is 1. The molecule has 2 aromatic heterocycles. The number of piperazine rings is 1. The number of carbonyl (C=O) groups is 1. The number of phenols is 1. The number of nitrogens with two attached hydrogens (primary N) is 1. The summed E-state index contributed by atoms with van der Waals surface area (Å²) < 4.78 is 19.5. The minimum atomic E-state index is -0.726. The average Bonchev–Trinajstić information content (AvgIpc) is 3.25. The molecule has 4 aromatic rings. The molecule has 2 aromatic carbocycles. The highest BCUT2D eigenvalue weighted by Crippen LogP contribution is 2.36. The van der Waals surface area contributed by atoms with Crippen molar-refractivity contribution in [1.82, 2.24) is 20.2 Å². The lowest BCUT2D eigenvalue weighted by molar-refractivity contribution is 0.0706. The largest absolute Gasteiger partial charge is 0.508 e. The number of hydrogen-bond acceptors (Lipinski definition) is 8. The standard InChI is InChI=1S/C23H21FN6O3/c24-18-13-27-23(28-21(18)25)30(15-2-1-3-17(31)12-15)16-4-5-19-14(10-16)11-20(33-19)22(32)29-8-6-26-7-9-29/h1-5,10-13,26,31H,6-9H2,(H2,25,27,28). The second-order valence-electron chi connectivity index (χ2n) is 7.63. The molecule has 1 aliphatic rings. The number of halogens is 1. The predicted octanol–water partition coefficient (Wildman–Crippen LogP) is 3.16. The normalized spacial score (nSPS) is 13.9. The Labute approximate surface area is 188 Å². The van der Waals surface area contributed by atoms with E-state index in [9.17, 15) is 14.3 Å². The molecule has 1 saturated heterocycles. The summed E-state index contributed by atoms with van der Waals surface area (Å²) in [7, 11) is 0. The van der Waals surface area contributed by atoms with Gasteiger partial charge in [0.15, 0.2) is 17.4 Å². The lowest BCUT2D eigenvalue weighted by atomic mass is 10.2. The quantitative estimate of drug-likeness (QED) is 0.435. The zero-order valence-corrected chi connectivity index (χ0v) is 17.5. The molecular weight excluding hydrogens is 427 g/mol. The molecule has 0 spiro atoms. The number of nitrogen functional groups attached to an aromatic ring is 1. The monoisotopic (exact) mass is 448 g/mol.